The highest BCUT2D eigenvalue weighted by Crippen LogP contribution is 2.42. The predicted molar refractivity (Wildman–Crippen MR) is 81.8 cm³/mol. The van der Waals surface area contributed by atoms with E-state index in [1.165, 1.54) is 0 Å². The van der Waals surface area contributed by atoms with E-state index in [4.69, 9.17) is 4.43 Å². The summed E-state index contributed by atoms with van der Waals surface area (Å²) in [6.45, 7) is 13.6. The van der Waals surface area contributed by atoms with Gasteiger partial charge in [-0.05, 0) is 28.3 Å². The van der Waals surface area contributed by atoms with Crippen LogP contribution >= 0.6 is 0 Å². The Hall–Kier alpha value is -0.873. The molecule has 1 N–H and O–H groups in total. The molecule has 0 aliphatic heterocycles. The summed E-state index contributed by atoms with van der Waals surface area (Å²) in [7, 11) is -1.93. The molecule has 0 saturated heterocycles. The molecule has 0 atom stereocenters. The topological polar surface area (TPSA) is 42.4 Å². The molecule has 0 amide bonds. The Bertz CT molecular complexity index is 383. The van der Waals surface area contributed by atoms with E-state index in [1.54, 1.807) is 12.4 Å². The van der Waals surface area contributed by atoms with Crippen molar-refractivity contribution in [2.24, 2.45) is 0 Å². The number of nitrogens with zero attached hydrogens (tertiary/aromatic N) is 1. The van der Waals surface area contributed by atoms with Gasteiger partial charge in [-0.3, -0.25) is 4.98 Å². The molecular formula is C15H27NO2Si. The molecular weight excluding hydrogens is 254 g/mol. The van der Waals surface area contributed by atoms with Crippen LogP contribution in [0.4, 0.5) is 0 Å². The third-order valence-corrected chi connectivity index (χ3v) is 9.96. The van der Waals surface area contributed by atoms with Crippen molar-refractivity contribution in [1.82, 2.24) is 4.98 Å². The number of aromatic nitrogens is 1. The minimum Gasteiger partial charge on any atom is -0.542 e. The van der Waals surface area contributed by atoms with E-state index in [-0.39, 0.29) is 6.61 Å². The molecule has 19 heavy (non-hydrogen) atoms. The van der Waals surface area contributed by atoms with E-state index in [9.17, 15) is 5.11 Å². The van der Waals surface area contributed by atoms with Gasteiger partial charge in [0.25, 0.3) is 8.32 Å². The van der Waals surface area contributed by atoms with Gasteiger partial charge in [0.15, 0.2) is 0 Å². The number of pyridine rings is 1. The molecule has 4 heteroatoms. The van der Waals surface area contributed by atoms with Gasteiger partial charge in [-0.1, -0.05) is 41.5 Å². The van der Waals surface area contributed by atoms with E-state index < -0.39 is 8.32 Å². The molecule has 0 spiro atoms. The Morgan fingerprint density at radius 2 is 1.58 bits per heavy atom. The second-order valence-corrected chi connectivity index (χ2v) is 11.5. The largest absolute Gasteiger partial charge is 0.542 e. The lowest BCUT2D eigenvalue weighted by atomic mass is 10.3. The summed E-state index contributed by atoms with van der Waals surface area (Å²) in [5.74, 6) is 0.800. The Morgan fingerprint density at radius 3 is 2.00 bits per heavy atom. The van der Waals surface area contributed by atoms with Gasteiger partial charge < -0.3 is 9.53 Å². The maximum Gasteiger partial charge on any atom is 0.258 e. The minimum atomic E-state index is -1.93. The first-order valence-corrected chi connectivity index (χ1v) is 9.22. The molecule has 1 aromatic rings. The van der Waals surface area contributed by atoms with Crippen LogP contribution in [0.5, 0.6) is 5.75 Å². The number of hydrogen-bond acceptors (Lipinski definition) is 3. The smallest absolute Gasteiger partial charge is 0.258 e. The second-order valence-electron chi connectivity index (χ2n) is 6.11. The highest BCUT2D eigenvalue weighted by molar-refractivity contribution is 6.78. The van der Waals surface area contributed by atoms with Crippen LogP contribution < -0.4 is 4.43 Å². The van der Waals surface area contributed by atoms with Gasteiger partial charge in [-0.2, -0.15) is 0 Å². The zero-order valence-electron chi connectivity index (χ0n) is 13.0. The summed E-state index contributed by atoms with van der Waals surface area (Å²) in [4.78, 5) is 4.15. The van der Waals surface area contributed by atoms with Gasteiger partial charge in [0.05, 0.1) is 12.8 Å². The zero-order valence-corrected chi connectivity index (χ0v) is 14.0. The maximum absolute atomic E-state index is 9.20. The van der Waals surface area contributed by atoms with Crippen molar-refractivity contribution >= 4 is 8.32 Å². The lowest BCUT2D eigenvalue weighted by Gasteiger charge is -2.42. The lowest BCUT2D eigenvalue weighted by molar-refractivity contribution is 0.281. The Morgan fingerprint density at radius 1 is 1.05 bits per heavy atom. The van der Waals surface area contributed by atoms with Gasteiger partial charge in [0.1, 0.15) is 5.75 Å². The van der Waals surface area contributed by atoms with Crippen molar-refractivity contribution < 1.29 is 9.53 Å². The van der Waals surface area contributed by atoms with Crippen molar-refractivity contribution in [3.63, 3.8) is 0 Å². The summed E-state index contributed by atoms with van der Waals surface area (Å²) >= 11 is 0. The second kappa shape index (κ2) is 6.53. The summed E-state index contributed by atoms with van der Waals surface area (Å²) in [6.07, 6.45) is 3.43. The fourth-order valence-electron chi connectivity index (χ4n) is 3.16. The zero-order chi connectivity index (χ0) is 14.6. The van der Waals surface area contributed by atoms with Crippen molar-refractivity contribution in [2.75, 3.05) is 0 Å². The van der Waals surface area contributed by atoms with Crippen LogP contribution in [0.3, 0.4) is 0 Å². The van der Waals surface area contributed by atoms with E-state index in [2.05, 4.69) is 46.5 Å². The summed E-state index contributed by atoms with van der Waals surface area (Å²) < 4.78 is 6.49. The van der Waals surface area contributed by atoms with Crippen molar-refractivity contribution in [1.29, 1.82) is 0 Å². The lowest BCUT2D eigenvalue weighted by Crippen LogP contribution is -2.50. The maximum atomic E-state index is 9.20. The molecule has 1 rings (SSSR count). The summed E-state index contributed by atoms with van der Waals surface area (Å²) in [5.41, 5.74) is 2.40. The fraction of sp³-hybridized carbons (Fsp3) is 0.667. The van der Waals surface area contributed by atoms with Crippen molar-refractivity contribution in [3.8, 4) is 5.75 Å². The Kier molecular flexibility index (Phi) is 5.56. The normalized spacial score (nSPS) is 12.5. The van der Waals surface area contributed by atoms with Crippen molar-refractivity contribution in [2.45, 2.75) is 64.8 Å². The van der Waals surface area contributed by atoms with Crippen molar-refractivity contribution in [3.05, 3.63) is 24.0 Å². The minimum absolute atomic E-state index is 0.00376. The number of rotatable bonds is 6. The van der Waals surface area contributed by atoms with Crippen LogP contribution in [0.1, 0.15) is 47.1 Å². The summed E-state index contributed by atoms with van der Waals surface area (Å²) in [6, 6.07) is 1.90. The van der Waals surface area contributed by atoms with E-state index >= 15 is 0 Å². The first-order valence-electron chi connectivity index (χ1n) is 7.08. The molecule has 0 bridgehead atoms. The SMILES string of the molecule is CC(C)[Si](Oc1cncc(CO)c1)(C(C)C)C(C)C. The molecule has 0 aromatic carbocycles. The Balaban J connectivity index is 3.13. The average molecular weight is 281 g/mol. The monoisotopic (exact) mass is 281 g/mol. The first-order chi connectivity index (χ1) is 8.84. The quantitative estimate of drug-likeness (QED) is 0.797. The molecule has 108 valence electrons. The molecule has 0 radical (unpaired) electrons. The third kappa shape index (κ3) is 3.36. The van der Waals surface area contributed by atoms with Crippen LogP contribution in [0.15, 0.2) is 18.5 Å². The molecule has 0 aliphatic rings. The van der Waals surface area contributed by atoms with Crippen LogP contribution in [-0.4, -0.2) is 18.4 Å². The van der Waals surface area contributed by atoms with Crippen LogP contribution in [-0.2, 0) is 6.61 Å². The highest BCUT2D eigenvalue weighted by Gasteiger charge is 2.47. The highest BCUT2D eigenvalue weighted by atomic mass is 28.4. The van der Waals surface area contributed by atoms with Gasteiger partial charge >= 0.3 is 0 Å². The van der Waals surface area contributed by atoms with E-state index in [1.807, 2.05) is 6.07 Å². The molecule has 0 unspecified atom stereocenters. The van der Waals surface area contributed by atoms with Gasteiger partial charge in [-0.25, -0.2) is 0 Å². The summed E-state index contributed by atoms with van der Waals surface area (Å²) in [5, 5.41) is 9.20. The molecule has 1 heterocycles. The molecule has 3 nitrogen and oxygen atoms in total. The first kappa shape index (κ1) is 16.2. The number of aliphatic hydroxyl groups excluding tert-OH is 1. The van der Waals surface area contributed by atoms with Gasteiger partial charge in [0.2, 0.25) is 0 Å². The van der Waals surface area contributed by atoms with E-state index in [0.717, 1.165) is 11.3 Å². The van der Waals surface area contributed by atoms with Crippen LogP contribution in [0.2, 0.25) is 16.6 Å². The molecule has 1 aromatic heterocycles. The predicted octanol–water partition coefficient (Wildman–Crippen LogP) is 4.13. The van der Waals surface area contributed by atoms with Crippen LogP contribution in [0.25, 0.3) is 0 Å². The molecule has 0 fully saturated rings. The molecule has 0 aliphatic carbocycles. The molecule has 0 saturated carbocycles. The van der Waals surface area contributed by atoms with Gasteiger partial charge in [0, 0.05) is 6.20 Å². The Labute approximate surface area is 118 Å². The average Bonchev–Trinajstić information content (AvgIpc) is 2.34. The van der Waals surface area contributed by atoms with Gasteiger partial charge in [-0.15, -0.1) is 0 Å². The number of hydrogen-bond donors (Lipinski definition) is 1. The van der Waals surface area contributed by atoms with E-state index in [0.29, 0.717) is 16.6 Å². The standard InChI is InChI=1S/C15H27NO2Si/c1-11(2)19(12(3)4,13(5)6)18-15-7-14(10-17)8-16-9-15/h7-9,11-13,17H,10H2,1-6H3. The number of aliphatic hydroxyl groups is 1. The third-order valence-electron chi connectivity index (χ3n) is 3.95. The fourth-order valence-corrected chi connectivity index (χ4v) is 8.39. The van der Waals surface area contributed by atoms with Crippen LogP contribution in [0, 0.1) is 0 Å².